The van der Waals surface area contributed by atoms with E-state index in [1.807, 2.05) is 71.0 Å². The zero-order valence-electron chi connectivity index (χ0n) is 12.1. The fourth-order valence-corrected chi connectivity index (χ4v) is 1.50. The van der Waals surface area contributed by atoms with Crippen molar-refractivity contribution in [1.29, 1.82) is 0 Å². The van der Waals surface area contributed by atoms with Crippen LogP contribution in [-0.2, 0) is 9.84 Å². The van der Waals surface area contributed by atoms with Crippen LogP contribution in [0.2, 0.25) is 0 Å². The highest BCUT2D eigenvalue weighted by atomic mass is 32.2. The molecule has 0 radical (unpaired) electrons. The molecule has 0 fully saturated rings. The van der Waals surface area contributed by atoms with Gasteiger partial charge >= 0.3 is 0 Å². The Morgan fingerprint density at radius 1 is 0.765 bits per heavy atom. The molecule has 0 atom stereocenters. The first kappa shape index (κ1) is 21.5. The zero-order chi connectivity index (χ0) is 14.2. The molecular formula is C14H28O2S. The van der Waals surface area contributed by atoms with Crippen LogP contribution in [0.1, 0.15) is 41.0 Å². The number of hydrogen-bond donors (Lipinski definition) is 0. The van der Waals surface area contributed by atoms with E-state index < -0.39 is 9.84 Å². The quantitative estimate of drug-likeness (QED) is 0.799. The molecule has 0 aliphatic heterocycles. The van der Waals surface area contributed by atoms with E-state index in [-0.39, 0.29) is 0 Å². The second kappa shape index (κ2) is 17.6. The van der Waals surface area contributed by atoms with Crippen LogP contribution in [-0.4, -0.2) is 20.4 Å². The standard InChI is InChI=1S/C6H6.C4H10O2S.2C2H6/c1-2-4-6-5-3-1;1-3-4-7(2,5)6;2*1-2/h1-6H;3-4H2,1-2H3;2*1-2H3. The van der Waals surface area contributed by atoms with E-state index in [0.717, 1.165) is 6.42 Å². The van der Waals surface area contributed by atoms with Crippen molar-refractivity contribution < 1.29 is 8.42 Å². The van der Waals surface area contributed by atoms with Gasteiger partial charge < -0.3 is 0 Å². The summed E-state index contributed by atoms with van der Waals surface area (Å²) in [5, 5.41) is 0. The van der Waals surface area contributed by atoms with Gasteiger partial charge in [0.05, 0.1) is 0 Å². The molecular weight excluding hydrogens is 232 g/mol. The molecule has 0 saturated heterocycles. The largest absolute Gasteiger partial charge is 0.229 e. The third-order valence-corrected chi connectivity index (χ3v) is 2.39. The molecule has 0 aromatic heterocycles. The first-order valence-corrected chi connectivity index (χ1v) is 8.30. The first-order valence-electron chi connectivity index (χ1n) is 6.24. The maximum atomic E-state index is 10.2. The SMILES string of the molecule is CC.CC.CCCS(C)(=O)=O.c1ccccc1. The highest BCUT2D eigenvalue weighted by Crippen LogP contribution is 1.84. The third-order valence-electron chi connectivity index (χ3n) is 1.24. The summed E-state index contributed by atoms with van der Waals surface area (Å²) in [6.07, 6.45) is 1.97. The van der Waals surface area contributed by atoms with E-state index >= 15 is 0 Å². The highest BCUT2D eigenvalue weighted by Gasteiger charge is 1.95. The Hall–Kier alpha value is -0.830. The predicted molar refractivity (Wildman–Crippen MR) is 79.1 cm³/mol. The highest BCUT2D eigenvalue weighted by molar-refractivity contribution is 7.90. The summed E-state index contributed by atoms with van der Waals surface area (Å²) < 4.78 is 20.5. The predicted octanol–water partition coefficient (Wildman–Crippen LogP) is 4.18. The molecule has 1 aromatic rings. The Morgan fingerprint density at radius 2 is 1.00 bits per heavy atom. The minimum Gasteiger partial charge on any atom is -0.229 e. The van der Waals surface area contributed by atoms with Crippen LogP contribution in [0.25, 0.3) is 0 Å². The van der Waals surface area contributed by atoms with Crippen molar-refractivity contribution in [2.24, 2.45) is 0 Å². The second-order valence-electron chi connectivity index (χ2n) is 2.78. The minimum atomic E-state index is -2.67. The van der Waals surface area contributed by atoms with Gasteiger partial charge in [0, 0.05) is 12.0 Å². The Morgan fingerprint density at radius 3 is 1.06 bits per heavy atom. The van der Waals surface area contributed by atoms with Crippen molar-refractivity contribution in [2.45, 2.75) is 41.0 Å². The van der Waals surface area contributed by atoms with Crippen molar-refractivity contribution in [1.82, 2.24) is 0 Å². The van der Waals surface area contributed by atoms with E-state index in [9.17, 15) is 8.42 Å². The number of benzene rings is 1. The first-order chi connectivity index (χ1) is 8.06. The lowest BCUT2D eigenvalue weighted by Crippen LogP contribution is -2.00. The average Bonchev–Trinajstić information content (AvgIpc) is 2.36. The van der Waals surface area contributed by atoms with Gasteiger partial charge in [-0.3, -0.25) is 0 Å². The third kappa shape index (κ3) is 31.3. The smallest absolute Gasteiger partial charge is 0.147 e. The molecule has 0 heterocycles. The number of sulfone groups is 1. The summed E-state index contributed by atoms with van der Waals surface area (Å²) in [5.41, 5.74) is 0. The topological polar surface area (TPSA) is 34.1 Å². The summed E-state index contributed by atoms with van der Waals surface area (Å²) >= 11 is 0. The lowest BCUT2D eigenvalue weighted by atomic mass is 10.4. The van der Waals surface area contributed by atoms with E-state index in [1.54, 1.807) is 0 Å². The van der Waals surface area contributed by atoms with Crippen LogP contribution in [0.4, 0.5) is 0 Å². The van der Waals surface area contributed by atoms with E-state index in [1.165, 1.54) is 6.26 Å². The Bertz CT molecular complexity index is 265. The fraction of sp³-hybridized carbons (Fsp3) is 0.571. The van der Waals surface area contributed by atoms with Crippen molar-refractivity contribution >= 4 is 9.84 Å². The molecule has 1 rings (SSSR count). The van der Waals surface area contributed by atoms with Crippen LogP contribution < -0.4 is 0 Å². The van der Waals surface area contributed by atoms with Gasteiger partial charge in [-0.2, -0.15) is 0 Å². The monoisotopic (exact) mass is 260 g/mol. The zero-order valence-corrected chi connectivity index (χ0v) is 12.9. The molecule has 0 amide bonds. The molecule has 102 valence electrons. The van der Waals surface area contributed by atoms with Crippen molar-refractivity contribution in [3.8, 4) is 0 Å². The second-order valence-corrected chi connectivity index (χ2v) is 5.04. The molecule has 3 heteroatoms. The van der Waals surface area contributed by atoms with Gasteiger partial charge in [0.1, 0.15) is 9.84 Å². The van der Waals surface area contributed by atoms with Crippen molar-refractivity contribution in [3.05, 3.63) is 36.4 Å². The van der Waals surface area contributed by atoms with E-state index in [0.29, 0.717) is 5.75 Å². The van der Waals surface area contributed by atoms with Crippen LogP contribution >= 0.6 is 0 Å². The van der Waals surface area contributed by atoms with E-state index in [2.05, 4.69) is 0 Å². The lowest BCUT2D eigenvalue weighted by molar-refractivity contribution is 0.600. The molecule has 0 spiro atoms. The van der Waals surface area contributed by atoms with Gasteiger partial charge in [0.2, 0.25) is 0 Å². The summed E-state index contributed by atoms with van der Waals surface area (Å²) in [6.45, 7) is 9.85. The average molecular weight is 260 g/mol. The number of hydrogen-bond acceptors (Lipinski definition) is 2. The van der Waals surface area contributed by atoms with Crippen molar-refractivity contribution in [2.75, 3.05) is 12.0 Å². The molecule has 0 aliphatic rings. The number of rotatable bonds is 2. The minimum absolute atomic E-state index is 0.312. The van der Waals surface area contributed by atoms with Gasteiger partial charge in [-0.1, -0.05) is 71.0 Å². The Labute approximate surface area is 108 Å². The summed E-state index contributed by atoms with van der Waals surface area (Å²) in [6, 6.07) is 12.0. The maximum Gasteiger partial charge on any atom is 0.147 e. The molecule has 1 aromatic carbocycles. The molecule has 0 N–H and O–H groups in total. The van der Waals surface area contributed by atoms with Crippen LogP contribution in [0, 0.1) is 0 Å². The van der Waals surface area contributed by atoms with Crippen LogP contribution in [0.5, 0.6) is 0 Å². The lowest BCUT2D eigenvalue weighted by Gasteiger charge is -1.87. The summed E-state index contributed by atoms with van der Waals surface area (Å²) in [4.78, 5) is 0. The maximum absolute atomic E-state index is 10.2. The van der Waals surface area contributed by atoms with Gasteiger partial charge in [-0.15, -0.1) is 0 Å². The molecule has 0 bridgehead atoms. The van der Waals surface area contributed by atoms with Gasteiger partial charge in [0.15, 0.2) is 0 Å². The van der Waals surface area contributed by atoms with E-state index in [4.69, 9.17) is 0 Å². The fourth-order valence-electron chi connectivity index (χ4n) is 0.756. The van der Waals surface area contributed by atoms with Crippen LogP contribution in [0.15, 0.2) is 36.4 Å². The Kier molecular flexibility index (Phi) is 22.2. The summed E-state index contributed by atoms with van der Waals surface area (Å²) in [5.74, 6) is 0.312. The van der Waals surface area contributed by atoms with Gasteiger partial charge in [-0.25, -0.2) is 8.42 Å². The van der Waals surface area contributed by atoms with Gasteiger partial charge in [0.25, 0.3) is 0 Å². The molecule has 17 heavy (non-hydrogen) atoms. The van der Waals surface area contributed by atoms with Crippen LogP contribution in [0.3, 0.4) is 0 Å². The van der Waals surface area contributed by atoms with Crippen molar-refractivity contribution in [3.63, 3.8) is 0 Å². The normalized spacial score (nSPS) is 8.35. The molecule has 2 nitrogen and oxygen atoms in total. The van der Waals surface area contributed by atoms with Gasteiger partial charge in [-0.05, 0) is 6.42 Å². The molecule has 0 saturated carbocycles. The summed E-state index contributed by atoms with van der Waals surface area (Å²) in [7, 11) is -2.67. The Balaban J connectivity index is -0.000000179. The molecule has 0 unspecified atom stereocenters. The molecule has 0 aliphatic carbocycles.